The minimum absolute atomic E-state index is 0.103. The summed E-state index contributed by atoms with van der Waals surface area (Å²) in [6, 6.07) is 5.95. The van der Waals surface area contributed by atoms with Gasteiger partial charge in [0.25, 0.3) is 0 Å². The molecule has 0 fully saturated rings. The van der Waals surface area contributed by atoms with Crippen LogP contribution in [0.2, 0.25) is 0 Å². The lowest BCUT2D eigenvalue weighted by Crippen LogP contribution is -2.23. The Morgan fingerprint density at radius 2 is 2.25 bits per heavy atom. The summed E-state index contributed by atoms with van der Waals surface area (Å²) >= 11 is 1.59. The number of aliphatic carboxylic acids is 1. The molecule has 1 unspecified atom stereocenters. The Kier molecular flexibility index (Phi) is 4.62. The van der Waals surface area contributed by atoms with Crippen molar-refractivity contribution in [2.75, 3.05) is 0 Å². The third kappa shape index (κ3) is 3.29. The molecule has 0 amide bonds. The fourth-order valence-corrected chi connectivity index (χ4v) is 3.09. The van der Waals surface area contributed by atoms with Crippen molar-refractivity contribution in [1.29, 1.82) is 0 Å². The molecular formula is C15H20N2O2S. The molecule has 2 aromatic rings. The molecule has 108 valence electrons. The van der Waals surface area contributed by atoms with E-state index in [0.29, 0.717) is 6.54 Å². The molecule has 0 aliphatic carbocycles. The highest BCUT2D eigenvalue weighted by atomic mass is 32.1. The van der Waals surface area contributed by atoms with Gasteiger partial charge in [-0.05, 0) is 36.9 Å². The van der Waals surface area contributed by atoms with E-state index in [1.165, 1.54) is 17.0 Å². The predicted molar refractivity (Wildman–Crippen MR) is 81.0 cm³/mol. The molecule has 5 heteroatoms. The standard InChI is InChI=1S/C15H20N2O2S/c1-10-7-12(11(2)17(10)3)9-16-13(8-15(18)19)14-5-4-6-20-14/h4-7,13,16H,8-9H2,1-3H3,(H,18,19). The van der Waals surface area contributed by atoms with E-state index in [1.807, 2.05) is 24.6 Å². The molecule has 2 rings (SSSR count). The molecule has 0 aliphatic heterocycles. The van der Waals surface area contributed by atoms with Crippen LogP contribution in [-0.2, 0) is 18.4 Å². The van der Waals surface area contributed by atoms with Gasteiger partial charge >= 0.3 is 5.97 Å². The van der Waals surface area contributed by atoms with Crippen LogP contribution >= 0.6 is 11.3 Å². The molecule has 1 atom stereocenters. The van der Waals surface area contributed by atoms with E-state index in [9.17, 15) is 4.79 Å². The SMILES string of the molecule is Cc1cc(CNC(CC(=O)O)c2cccs2)c(C)n1C. The predicted octanol–water partition coefficient (Wildman–Crippen LogP) is 3.01. The number of hydrogen-bond acceptors (Lipinski definition) is 3. The average molecular weight is 292 g/mol. The number of aromatic nitrogens is 1. The van der Waals surface area contributed by atoms with Crippen LogP contribution in [0.3, 0.4) is 0 Å². The van der Waals surface area contributed by atoms with Gasteiger partial charge in [-0.1, -0.05) is 6.07 Å². The van der Waals surface area contributed by atoms with E-state index in [0.717, 1.165) is 4.88 Å². The highest BCUT2D eigenvalue weighted by Gasteiger charge is 2.17. The first-order valence-electron chi connectivity index (χ1n) is 6.59. The molecular weight excluding hydrogens is 272 g/mol. The highest BCUT2D eigenvalue weighted by Crippen LogP contribution is 2.23. The average Bonchev–Trinajstić information content (AvgIpc) is 3.00. The summed E-state index contributed by atoms with van der Waals surface area (Å²) in [5.41, 5.74) is 3.65. The summed E-state index contributed by atoms with van der Waals surface area (Å²) in [7, 11) is 2.04. The van der Waals surface area contributed by atoms with Gasteiger partial charge in [-0.2, -0.15) is 0 Å². The smallest absolute Gasteiger partial charge is 0.305 e. The Balaban J connectivity index is 2.09. The molecule has 2 aromatic heterocycles. The highest BCUT2D eigenvalue weighted by molar-refractivity contribution is 7.10. The summed E-state index contributed by atoms with van der Waals surface area (Å²) in [6.07, 6.45) is 0.103. The fourth-order valence-electron chi connectivity index (χ4n) is 2.28. The quantitative estimate of drug-likeness (QED) is 0.860. The summed E-state index contributed by atoms with van der Waals surface area (Å²) in [5.74, 6) is -0.781. The minimum Gasteiger partial charge on any atom is -0.481 e. The third-order valence-corrected chi connectivity index (χ3v) is 4.67. The molecule has 0 bridgehead atoms. The molecule has 4 nitrogen and oxygen atoms in total. The maximum Gasteiger partial charge on any atom is 0.305 e. The van der Waals surface area contributed by atoms with Gasteiger partial charge in [0.1, 0.15) is 0 Å². The lowest BCUT2D eigenvalue weighted by atomic mass is 10.1. The first-order valence-corrected chi connectivity index (χ1v) is 7.47. The monoisotopic (exact) mass is 292 g/mol. The Bertz CT molecular complexity index is 587. The maximum absolute atomic E-state index is 11.0. The molecule has 2 heterocycles. The zero-order chi connectivity index (χ0) is 14.7. The van der Waals surface area contributed by atoms with Crippen LogP contribution in [0.25, 0.3) is 0 Å². The molecule has 0 saturated heterocycles. The van der Waals surface area contributed by atoms with Gasteiger partial charge in [0.05, 0.1) is 12.5 Å². The van der Waals surface area contributed by atoms with Crippen LogP contribution in [0.15, 0.2) is 23.6 Å². The third-order valence-electron chi connectivity index (χ3n) is 3.68. The van der Waals surface area contributed by atoms with Gasteiger partial charge in [-0.3, -0.25) is 4.79 Å². The summed E-state index contributed by atoms with van der Waals surface area (Å²) in [5, 5.41) is 14.4. The summed E-state index contributed by atoms with van der Waals surface area (Å²) < 4.78 is 2.15. The second-order valence-electron chi connectivity index (χ2n) is 5.00. The molecule has 0 aliphatic rings. The van der Waals surface area contributed by atoms with Gasteiger partial charge in [0, 0.05) is 29.9 Å². The molecule has 0 saturated carbocycles. The van der Waals surface area contributed by atoms with Gasteiger partial charge in [0.15, 0.2) is 0 Å². The van der Waals surface area contributed by atoms with Crippen molar-refractivity contribution in [3.8, 4) is 0 Å². The number of rotatable bonds is 6. The number of hydrogen-bond donors (Lipinski definition) is 2. The van der Waals surface area contributed by atoms with Gasteiger partial charge in [0.2, 0.25) is 0 Å². The number of nitrogens with one attached hydrogen (secondary N) is 1. The van der Waals surface area contributed by atoms with Crippen LogP contribution in [-0.4, -0.2) is 15.6 Å². The first-order chi connectivity index (χ1) is 9.49. The van der Waals surface area contributed by atoms with E-state index < -0.39 is 5.97 Å². The fraction of sp³-hybridized carbons (Fsp3) is 0.400. The van der Waals surface area contributed by atoms with Crippen molar-refractivity contribution in [3.63, 3.8) is 0 Å². The van der Waals surface area contributed by atoms with E-state index in [4.69, 9.17) is 5.11 Å². The number of carboxylic acid groups (broad SMARTS) is 1. The topological polar surface area (TPSA) is 54.3 Å². The normalized spacial score (nSPS) is 12.6. The lowest BCUT2D eigenvalue weighted by Gasteiger charge is -2.15. The van der Waals surface area contributed by atoms with E-state index in [1.54, 1.807) is 11.3 Å². The van der Waals surface area contributed by atoms with E-state index >= 15 is 0 Å². The second-order valence-corrected chi connectivity index (χ2v) is 5.98. The first kappa shape index (κ1) is 14.8. The Morgan fingerprint density at radius 3 is 2.75 bits per heavy atom. The number of nitrogens with zero attached hydrogens (tertiary/aromatic N) is 1. The Morgan fingerprint density at radius 1 is 1.50 bits per heavy atom. The van der Waals surface area contributed by atoms with Crippen molar-refractivity contribution in [2.45, 2.75) is 32.9 Å². The summed E-state index contributed by atoms with van der Waals surface area (Å²) in [6.45, 7) is 4.84. The van der Waals surface area contributed by atoms with E-state index in [-0.39, 0.29) is 12.5 Å². The Labute approximate surface area is 123 Å². The summed E-state index contributed by atoms with van der Waals surface area (Å²) in [4.78, 5) is 12.1. The zero-order valence-corrected chi connectivity index (χ0v) is 12.8. The maximum atomic E-state index is 11.0. The molecule has 20 heavy (non-hydrogen) atoms. The van der Waals surface area contributed by atoms with E-state index in [2.05, 4.69) is 29.8 Å². The lowest BCUT2D eigenvalue weighted by molar-refractivity contribution is -0.137. The van der Waals surface area contributed by atoms with Crippen LogP contribution < -0.4 is 5.32 Å². The number of carboxylic acids is 1. The van der Waals surface area contributed by atoms with Crippen molar-refractivity contribution < 1.29 is 9.90 Å². The number of thiophene rings is 1. The second kappa shape index (κ2) is 6.24. The van der Waals surface area contributed by atoms with Gasteiger partial charge in [-0.15, -0.1) is 11.3 Å². The Hall–Kier alpha value is -1.59. The molecule has 0 radical (unpaired) electrons. The number of aryl methyl sites for hydroxylation is 1. The van der Waals surface area contributed by atoms with Crippen LogP contribution in [0.5, 0.6) is 0 Å². The van der Waals surface area contributed by atoms with Crippen LogP contribution in [0, 0.1) is 13.8 Å². The minimum atomic E-state index is -0.781. The van der Waals surface area contributed by atoms with Crippen LogP contribution in [0.4, 0.5) is 0 Å². The van der Waals surface area contributed by atoms with Crippen molar-refractivity contribution >= 4 is 17.3 Å². The molecule has 2 N–H and O–H groups in total. The molecule has 0 aromatic carbocycles. The van der Waals surface area contributed by atoms with Crippen molar-refractivity contribution in [2.24, 2.45) is 7.05 Å². The molecule has 0 spiro atoms. The van der Waals surface area contributed by atoms with Crippen LogP contribution in [0.1, 0.15) is 34.3 Å². The van der Waals surface area contributed by atoms with Gasteiger partial charge < -0.3 is 15.0 Å². The largest absolute Gasteiger partial charge is 0.481 e. The number of carbonyl (C=O) groups is 1. The zero-order valence-electron chi connectivity index (χ0n) is 12.0. The van der Waals surface area contributed by atoms with Crippen molar-refractivity contribution in [3.05, 3.63) is 45.4 Å². The van der Waals surface area contributed by atoms with Crippen molar-refractivity contribution in [1.82, 2.24) is 9.88 Å². The van der Waals surface area contributed by atoms with Gasteiger partial charge in [-0.25, -0.2) is 0 Å².